The molecule has 4 heteroatoms. The quantitative estimate of drug-likeness (QED) is 0.673. The number of carbonyl (C=O) groups is 1. The van der Waals surface area contributed by atoms with E-state index in [0.29, 0.717) is 0 Å². The fourth-order valence-corrected chi connectivity index (χ4v) is 0.710. The van der Waals surface area contributed by atoms with Gasteiger partial charge in [-0.1, -0.05) is 20.8 Å². The molecular formula is C11H23BO3. The van der Waals surface area contributed by atoms with Crippen LogP contribution in [0.25, 0.3) is 0 Å². The van der Waals surface area contributed by atoms with Gasteiger partial charge in [0, 0.05) is 6.10 Å². The molecular weight excluding hydrogens is 191 g/mol. The summed E-state index contributed by atoms with van der Waals surface area (Å²) in [7, 11) is 0.0377. The largest absolute Gasteiger partial charge is 0.512 e. The van der Waals surface area contributed by atoms with Crippen LogP contribution in [-0.2, 0) is 14.1 Å². The van der Waals surface area contributed by atoms with Crippen molar-refractivity contribution in [2.24, 2.45) is 10.8 Å². The van der Waals surface area contributed by atoms with E-state index in [4.69, 9.17) is 9.31 Å². The highest BCUT2D eigenvalue weighted by Gasteiger charge is 2.40. The van der Waals surface area contributed by atoms with Crippen LogP contribution in [0.5, 0.6) is 0 Å². The maximum atomic E-state index is 11.8. The van der Waals surface area contributed by atoms with Crippen molar-refractivity contribution in [2.45, 2.75) is 54.6 Å². The predicted octanol–water partition coefficient (Wildman–Crippen LogP) is 2.29. The first kappa shape index (κ1) is 14.5. The molecule has 0 atom stereocenters. The first-order valence-electron chi connectivity index (χ1n) is 5.38. The number of rotatable bonds is 4. The lowest BCUT2D eigenvalue weighted by Gasteiger charge is -2.36. The van der Waals surface area contributed by atoms with Gasteiger partial charge in [-0.3, -0.25) is 4.79 Å². The number of hydrogen-bond donors (Lipinski definition) is 0. The van der Waals surface area contributed by atoms with Gasteiger partial charge in [0.05, 0.1) is 5.41 Å². The molecule has 0 unspecified atom stereocenters. The number of carbonyl (C=O) groups excluding carboxylic acids is 1. The third-order valence-corrected chi connectivity index (χ3v) is 2.98. The first-order valence-corrected chi connectivity index (χ1v) is 5.38. The molecule has 3 nitrogen and oxygen atoms in total. The van der Waals surface area contributed by atoms with Gasteiger partial charge in [-0.2, -0.15) is 0 Å². The molecule has 0 aliphatic heterocycles. The third-order valence-electron chi connectivity index (χ3n) is 2.98. The van der Waals surface area contributed by atoms with Gasteiger partial charge in [-0.25, -0.2) is 0 Å². The Balaban J connectivity index is 4.21. The second kappa shape index (κ2) is 5.02. The minimum atomic E-state index is -0.507. The van der Waals surface area contributed by atoms with Gasteiger partial charge in [0.15, 0.2) is 0 Å². The topological polar surface area (TPSA) is 35.5 Å². The zero-order chi connectivity index (χ0) is 12.3. The van der Waals surface area contributed by atoms with Crippen molar-refractivity contribution in [1.29, 1.82) is 0 Å². The summed E-state index contributed by atoms with van der Waals surface area (Å²) in [6.45, 7) is 13.7. The molecule has 15 heavy (non-hydrogen) atoms. The Morgan fingerprint density at radius 1 is 1.13 bits per heavy atom. The van der Waals surface area contributed by atoms with Crippen LogP contribution in [-0.4, -0.2) is 19.8 Å². The van der Waals surface area contributed by atoms with E-state index in [1.807, 2.05) is 48.5 Å². The van der Waals surface area contributed by atoms with Gasteiger partial charge in [0.25, 0.3) is 5.97 Å². The maximum Gasteiger partial charge on any atom is 0.508 e. The summed E-state index contributed by atoms with van der Waals surface area (Å²) < 4.78 is 10.3. The predicted molar refractivity (Wildman–Crippen MR) is 62.7 cm³/mol. The van der Waals surface area contributed by atoms with Crippen molar-refractivity contribution in [2.75, 3.05) is 0 Å². The van der Waals surface area contributed by atoms with Gasteiger partial charge in [0.2, 0.25) is 0 Å². The van der Waals surface area contributed by atoms with Crippen molar-refractivity contribution in [1.82, 2.24) is 0 Å². The highest BCUT2D eigenvalue weighted by Crippen LogP contribution is 2.38. The Bertz CT molecular complexity index is 216. The standard InChI is InChI=1S/C11H23BO3/c1-8(2)14-12-15-9(13)11(6,7)10(3,4)5/h8,12H,1-7H3. The molecule has 0 N–H and O–H groups in total. The van der Waals surface area contributed by atoms with E-state index in [2.05, 4.69) is 0 Å². The Morgan fingerprint density at radius 3 is 1.93 bits per heavy atom. The van der Waals surface area contributed by atoms with Gasteiger partial charge < -0.3 is 9.31 Å². The van der Waals surface area contributed by atoms with Gasteiger partial charge in [-0.05, 0) is 33.1 Å². The molecule has 0 aliphatic rings. The molecule has 0 saturated heterocycles. The summed E-state index contributed by atoms with van der Waals surface area (Å²) >= 11 is 0. The average molecular weight is 214 g/mol. The molecule has 88 valence electrons. The first-order chi connectivity index (χ1) is 6.59. The van der Waals surface area contributed by atoms with Crippen molar-refractivity contribution >= 4 is 13.7 Å². The summed E-state index contributed by atoms with van der Waals surface area (Å²) in [4.78, 5) is 11.8. The van der Waals surface area contributed by atoms with Crippen LogP contribution in [0.4, 0.5) is 0 Å². The smallest absolute Gasteiger partial charge is 0.508 e. The molecule has 0 aliphatic carbocycles. The average Bonchev–Trinajstić information content (AvgIpc) is 2.01. The molecule has 0 fully saturated rings. The molecule has 0 bridgehead atoms. The Morgan fingerprint density at radius 2 is 1.60 bits per heavy atom. The van der Waals surface area contributed by atoms with E-state index in [9.17, 15) is 4.79 Å². The summed E-state index contributed by atoms with van der Waals surface area (Å²) in [5, 5.41) is 0. The molecule has 0 aromatic heterocycles. The lowest BCUT2D eigenvalue weighted by atomic mass is 9.69. The Kier molecular flexibility index (Phi) is 4.85. The fourth-order valence-electron chi connectivity index (χ4n) is 0.710. The molecule has 0 rings (SSSR count). The van der Waals surface area contributed by atoms with Crippen LogP contribution in [0, 0.1) is 10.8 Å². The van der Waals surface area contributed by atoms with E-state index < -0.39 is 5.41 Å². The van der Waals surface area contributed by atoms with Gasteiger partial charge >= 0.3 is 7.69 Å². The van der Waals surface area contributed by atoms with E-state index in [0.717, 1.165) is 0 Å². The van der Waals surface area contributed by atoms with E-state index in [1.54, 1.807) is 0 Å². The molecule has 0 heterocycles. The maximum absolute atomic E-state index is 11.8. The van der Waals surface area contributed by atoms with Crippen LogP contribution in [0.2, 0.25) is 0 Å². The van der Waals surface area contributed by atoms with Crippen LogP contribution in [0.15, 0.2) is 0 Å². The molecule has 0 aromatic rings. The van der Waals surface area contributed by atoms with Crippen LogP contribution < -0.4 is 0 Å². The number of hydrogen-bond acceptors (Lipinski definition) is 3. The Hall–Kier alpha value is -0.505. The lowest BCUT2D eigenvalue weighted by molar-refractivity contribution is -0.151. The molecule has 0 aromatic carbocycles. The van der Waals surface area contributed by atoms with Crippen molar-refractivity contribution in [3.8, 4) is 0 Å². The van der Waals surface area contributed by atoms with E-state index in [-0.39, 0.29) is 25.2 Å². The monoisotopic (exact) mass is 214 g/mol. The second-order valence-corrected chi connectivity index (χ2v) is 5.64. The third kappa shape index (κ3) is 4.25. The van der Waals surface area contributed by atoms with Crippen LogP contribution >= 0.6 is 0 Å². The fraction of sp³-hybridized carbons (Fsp3) is 0.909. The van der Waals surface area contributed by atoms with Crippen molar-refractivity contribution < 1.29 is 14.1 Å². The lowest BCUT2D eigenvalue weighted by Crippen LogP contribution is -2.39. The zero-order valence-electron chi connectivity index (χ0n) is 11.0. The Labute approximate surface area is 93.8 Å². The minimum Gasteiger partial charge on any atom is -0.512 e. The molecule has 0 saturated carbocycles. The van der Waals surface area contributed by atoms with Gasteiger partial charge in [-0.15, -0.1) is 0 Å². The van der Waals surface area contributed by atoms with E-state index >= 15 is 0 Å². The molecule has 0 spiro atoms. The van der Waals surface area contributed by atoms with E-state index in [1.165, 1.54) is 0 Å². The molecule has 0 radical (unpaired) electrons. The van der Waals surface area contributed by atoms with Crippen LogP contribution in [0.3, 0.4) is 0 Å². The summed E-state index contributed by atoms with van der Waals surface area (Å²) in [5.41, 5.74) is -0.630. The minimum absolute atomic E-state index is 0.0377. The second-order valence-electron chi connectivity index (χ2n) is 5.64. The SMILES string of the molecule is CC(C)OBOC(=O)C(C)(C)C(C)(C)C. The van der Waals surface area contributed by atoms with Gasteiger partial charge in [0.1, 0.15) is 0 Å². The summed E-state index contributed by atoms with van der Waals surface area (Å²) in [5.74, 6) is -0.212. The highest BCUT2D eigenvalue weighted by atomic mass is 16.6. The highest BCUT2D eigenvalue weighted by molar-refractivity contribution is 6.22. The van der Waals surface area contributed by atoms with Crippen molar-refractivity contribution in [3.63, 3.8) is 0 Å². The zero-order valence-corrected chi connectivity index (χ0v) is 11.0. The molecule has 0 amide bonds. The summed E-state index contributed by atoms with van der Waals surface area (Å²) in [6, 6.07) is 0. The summed E-state index contributed by atoms with van der Waals surface area (Å²) in [6.07, 6.45) is 0.0792. The normalized spacial score (nSPS) is 12.8. The van der Waals surface area contributed by atoms with Crippen LogP contribution in [0.1, 0.15) is 48.5 Å². The van der Waals surface area contributed by atoms with Crippen molar-refractivity contribution in [3.05, 3.63) is 0 Å².